The fourth-order valence-corrected chi connectivity index (χ4v) is 3.02. The molecule has 1 amide bonds. The van der Waals surface area contributed by atoms with Crippen LogP contribution in [-0.4, -0.2) is 66.4 Å². The van der Waals surface area contributed by atoms with Crippen LogP contribution >= 0.6 is 0 Å². The third-order valence-electron chi connectivity index (χ3n) is 4.59. The standard InChI is InChI=1S/C18H29N3O/c1-15-13-20(14-17-9-6-5-7-10-17)11-8-12-21(15)18(22)16(2)19(3)4/h5-7,9-10,15-16H,8,11-14H2,1-4H3/t15?,16-/m0/s1. The molecule has 1 unspecified atom stereocenters. The molecule has 4 nitrogen and oxygen atoms in total. The molecule has 1 aromatic rings. The Balaban J connectivity index is 1.98. The Morgan fingerprint density at radius 3 is 2.59 bits per heavy atom. The summed E-state index contributed by atoms with van der Waals surface area (Å²) in [6.45, 7) is 7.99. The van der Waals surface area contributed by atoms with Gasteiger partial charge in [0, 0.05) is 32.2 Å². The van der Waals surface area contributed by atoms with Gasteiger partial charge in [-0.25, -0.2) is 0 Å². The van der Waals surface area contributed by atoms with Gasteiger partial charge in [0.25, 0.3) is 0 Å². The average Bonchev–Trinajstić information content (AvgIpc) is 2.68. The SMILES string of the molecule is CC1CN(Cc2ccccc2)CCCN1C(=O)[C@H](C)N(C)C. The molecule has 1 aromatic carbocycles. The highest BCUT2D eigenvalue weighted by atomic mass is 16.2. The second-order valence-electron chi connectivity index (χ2n) is 6.59. The van der Waals surface area contributed by atoms with Crippen LogP contribution in [0.2, 0.25) is 0 Å². The first-order chi connectivity index (χ1) is 10.5. The zero-order valence-electron chi connectivity index (χ0n) is 14.3. The molecule has 1 saturated heterocycles. The molecule has 0 bridgehead atoms. The van der Waals surface area contributed by atoms with Gasteiger partial charge in [-0.1, -0.05) is 30.3 Å². The fourth-order valence-electron chi connectivity index (χ4n) is 3.02. The average molecular weight is 303 g/mol. The van der Waals surface area contributed by atoms with Crippen LogP contribution in [0.3, 0.4) is 0 Å². The summed E-state index contributed by atoms with van der Waals surface area (Å²) in [6.07, 6.45) is 1.04. The Morgan fingerprint density at radius 1 is 1.27 bits per heavy atom. The van der Waals surface area contributed by atoms with E-state index in [0.717, 1.165) is 32.6 Å². The Morgan fingerprint density at radius 2 is 1.95 bits per heavy atom. The second kappa shape index (κ2) is 7.75. The van der Waals surface area contributed by atoms with Crippen LogP contribution in [0.4, 0.5) is 0 Å². The number of hydrogen-bond acceptors (Lipinski definition) is 3. The van der Waals surface area contributed by atoms with Gasteiger partial charge in [0.1, 0.15) is 0 Å². The van der Waals surface area contributed by atoms with Crippen LogP contribution in [0.25, 0.3) is 0 Å². The van der Waals surface area contributed by atoms with E-state index in [1.165, 1.54) is 5.56 Å². The Kier molecular flexibility index (Phi) is 5.98. The predicted octanol–water partition coefficient (Wildman–Crippen LogP) is 2.06. The third-order valence-corrected chi connectivity index (χ3v) is 4.59. The van der Waals surface area contributed by atoms with E-state index in [0.29, 0.717) is 0 Å². The molecule has 0 N–H and O–H groups in total. The van der Waals surface area contributed by atoms with Gasteiger partial charge in [0.15, 0.2) is 0 Å². The van der Waals surface area contributed by atoms with Gasteiger partial charge in [-0.2, -0.15) is 0 Å². The van der Waals surface area contributed by atoms with Crippen LogP contribution in [0, 0.1) is 0 Å². The fraction of sp³-hybridized carbons (Fsp3) is 0.611. The van der Waals surface area contributed by atoms with Crippen molar-refractivity contribution in [1.82, 2.24) is 14.7 Å². The van der Waals surface area contributed by atoms with Crippen molar-refractivity contribution in [2.24, 2.45) is 0 Å². The topological polar surface area (TPSA) is 26.8 Å². The molecule has 1 heterocycles. The molecule has 0 aliphatic carbocycles. The normalized spacial score (nSPS) is 21.7. The second-order valence-corrected chi connectivity index (χ2v) is 6.59. The Hall–Kier alpha value is -1.39. The van der Waals surface area contributed by atoms with Gasteiger partial charge >= 0.3 is 0 Å². The Bertz CT molecular complexity index is 474. The van der Waals surface area contributed by atoms with Crippen molar-refractivity contribution in [2.45, 2.75) is 38.9 Å². The minimum absolute atomic E-state index is 0.0527. The number of carbonyl (C=O) groups is 1. The van der Waals surface area contributed by atoms with Gasteiger partial charge < -0.3 is 4.90 Å². The zero-order chi connectivity index (χ0) is 16.1. The van der Waals surface area contributed by atoms with Crippen molar-refractivity contribution in [3.8, 4) is 0 Å². The van der Waals surface area contributed by atoms with Crippen molar-refractivity contribution in [1.29, 1.82) is 0 Å². The molecular weight excluding hydrogens is 274 g/mol. The number of nitrogens with zero attached hydrogens (tertiary/aromatic N) is 3. The molecule has 0 radical (unpaired) electrons. The van der Waals surface area contributed by atoms with E-state index in [-0.39, 0.29) is 18.0 Å². The summed E-state index contributed by atoms with van der Waals surface area (Å²) < 4.78 is 0. The molecule has 2 atom stereocenters. The number of carbonyl (C=O) groups excluding carboxylic acids is 1. The van der Waals surface area contributed by atoms with E-state index in [4.69, 9.17) is 0 Å². The summed E-state index contributed by atoms with van der Waals surface area (Å²) in [5.74, 6) is 0.249. The van der Waals surface area contributed by atoms with Gasteiger partial charge in [-0.15, -0.1) is 0 Å². The minimum Gasteiger partial charge on any atom is -0.337 e. The summed E-state index contributed by atoms with van der Waals surface area (Å²) in [6, 6.07) is 10.8. The molecular formula is C18H29N3O. The molecule has 1 aliphatic rings. The molecule has 4 heteroatoms. The van der Waals surface area contributed by atoms with Crippen molar-refractivity contribution < 1.29 is 4.79 Å². The zero-order valence-corrected chi connectivity index (χ0v) is 14.3. The van der Waals surface area contributed by atoms with Gasteiger partial charge in [-0.3, -0.25) is 14.6 Å². The first-order valence-electron chi connectivity index (χ1n) is 8.22. The van der Waals surface area contributed by atoms with Crippen molar-refractivity contribution in [3.05, 3.63) is 35.9 Å². The van der Waals surface area contributed by atoms with Crippen molar-refractivity contribution in [3.63, 3.8) is 0 Å². The lowest BCUT2D eigenvalue weighted by molar-refractivity contribution is -0.137. The minimum atomic E-state index is -0.0527. The largest absolute Gasteiger partial charge is 0.337 e. The highest BCUT2D eigenvalue weighted by molar-refractivity contribution is 5.81. The molecule has 22 heavy (non-hydrogen) atoms. The maximum Gasteiger partial charge on any atom is 0.239 e. The van der Waals surface area contributed by atoms with Crippen molar-refractivity contribution >= 4 is 5.91 Å². The molecule has 2 rings (SSSR count). The maximum absolute atomic E-state index is 12.6. The quantitative estimate of drug-likeness (QED) is 0.852. The highest BCUT2D eigenvalue weighted by Crippen LogP contribution is 2.15. The monoisotopic (exact) mass is 303 g/mol. The number of likely N-dealkylation sites (N-methyl/N-ethyl adjacent to an activating group) is 1. The summed E-state index contributed by atoms with van der Waals surface area (Å²) >= 11 is 0. The van der Waals surface area contributed by atoms with Crippen LogP contribution in [0.1, 0.15) is 25.8 Å². The lowest BCUT2D eigenvalue weighted by atomic mass is 10.2. The van der Waals surface area contributed by atoms with Crippen LogP contribution < -0.4 is 0 Å². The first kappa shape index (κ1) is 17.0. The highest BCUT2D eigenvalue weighted by Gasteiger charge is 2.29. The van der Waals surface area contributed by atoms with Gasteiger partial charge in [-0.05, 0) is 39.9 Å². The third kappa shape index (κ3) is 4.31. The Labute approximate surface area is 134 Å². The summed E-state index contributed by atoms with van der Waals surface area (Å²) in [5.41, 5.74) is 1.34. The molecule has 1 aliphatic heterocycles. The molecule has 0 spiro atoms. The molecule has 1 fully saturated rings. The van der Waals surface area contributed by atoms with Crippen LogP contribution in [-0.2, 0) is 11.3 Å². The lowest BCUT2D eigenvalue weighted by Gasteiger charge is -2.33. The van der Waals surface area contributed by atoms with E-state index >= 15 is 0 Å². The number of benzene rings is 1. The predicted molar refractivity (Wildman–Crippen MR) is 90.7 cm³/mol. The van der Waals surface area contributed by atoms with Gasteiger partial charge in [0.2, 0.25) is 5.91 Å². The molecule has 122 valence electrons. The van der Waals surface area contributed by atoms with E-state index in [1.807, 2.05) is 25.9 Å². The maximum atomic E-state index is 12.6. The lowest BCUT2D eigenvalue weighted by Crippen LogP contribution is -2.49. The van der Waals surface area contributed by atoms with Crippen LogP contribution in [0.5, 0.6) is 0 Å². The van der Waals surface area contributed by atoms with Crippen LogP contribution in [0.15, 0.2) is 30.3 Å². The summed E-state index contributed by atoms with van der Waals surface area (Å²) in [5, 5.41) is 0. The number of amides is 1. The van der Waals surface area contributed by atoms with E-state index < -0.39 is 0 Å². The van der Waals surface area contributed by atoms with Crippen molar-refractivity contribution in [2.75, 3.05) is 33.7 Å². The summed E-state index contributed by atoms with van der Waals surface area (Å²) in [4.78, 5) is 19.2. The van der Waals surface area contributed by atoms with E-state index in [1.54, 1.807) is 0 Å². The van der Waals surface area contributed by atoms with E-state index in [2.05, 4.69) is 47.1 Å². The first-order valence-corrected chi connectivity index (χ1v) is 8.22. The van der Waals surface area contributed by atoms with E-state index in [9.17, 15) is 4.79 Å². The molecule has 0 aromatic heterocycles. The summed E-state index contributed by atoms with van der Waals surface area (Å²) in [7, 11) is 3.93. The smallest absolute Gasteiger partial charge is 0.239 e. The number of hydrogen-bond donors (Lipinski definition) is 0. The van der Waals surface area contributed by atoms with Gasteiger partial charge in [0.05, 0.1) is 6.04 Å². The number of rotatable bonds is 4. The molecule has 0 saturated carbocycles.